The molecule has 118 valence electrons. The Bertz CT molecular complexity index is 772. The van der Waals surface area contributed by atoms with Crippen LogP contribution < -0.4 is 4.90 Å². The van der Waals surface area contributed by atoms with Crippen molar-refractivity contribution in [3.8, 4) is 17.1 Å². The SMILES string of the molecule is Cn1nc(-c2ccc(-n3cccn3)cc2)nc1N1CCOCC1. The highest BCUT2D eigenvalue weighted by Crippen LogP contribution is 2.21. The van der Waals surface area contributed by atoms with Crippen LogP contribution in [0.15, 0.2) is 42.7 Å². The van der Waals surface area contributed by atoms with Crippen LogP contribution >= 0.6 is 0 Å². The fourth-order valence-corrected chi connectivity index (χ4v) is 2.72. The Balaban J connectivity index is 1.60. The summed E-state index contributed by atoms with van der Waals surface area (Å²) in [5, 5.41) is 8.78. The van der Waals surface area contributed by atoms with Crippen LogP contribution in [0.5, 0.6) is 0 Å². The number of aryl methyl sites for hydroxylation is 1. The van der Waals surface area contributed by atoms with Crippen LogP contribution in [-0.4, -0.2) is 50.8 Å². The monoisotopic (exact) mass is 310 g/mol. The standard InChI is InChI=1S/C16H18N6O/c1-20-16(21-9-11-23-12-10-21)18-15(19-20)13-3-5-14(6-4-13)22-8-2-7-17-22/h2-8H,9-12H2,1H3. The van der Waals surface area contributed by atoms with Crippen molar-refractivity contribution < 1.29 is 4.74 Å². The van der Waals surface area contributed by atoms with E-state index in [-0.39, 0.29) is 0 Å². The molecule has 7 nitrogen and oxygen atoms in total. The molecule has 23 heavy (non-hydrogen) atoms. The second-order valence-corrected chi connectivity index (χ2v) is 5.46. The molecule has 0 N–H and O–H groups in total. The van der Waals surface area contributed by atoms with Crippen LogP contribution in [0, 0.1) is 0 Å². The van der Waals surface area contributed by atoms with Crippen LogP contribution in [0.2, 0.25) is 0 Å². The molecule has 0 unspecified atom stereocenters. The first kappa shape index (κ1) is 14.0. The van der Waals surface area contributed by atoms with Gasteiger partial charge in [0.1, 0.15) is 0 Å². The molecule has 3 heterocycles. The summed E-state index contributed by atoms with van der Waals surface area (Å²) >= 11 is 0. The van der Waals surface area contributed by atoms with Crippen molar-refractivity contribution in [2.75, 3.05) is 31.2 Å². The average molecular weight is 310 g/mol. The number of anilines is 1. The van der Waals surface area contributed by atoms with E-state index < -0.39 is 0 Å². The van der Waals surface area contributed by atoms with E-state index in [1.807, 2.05) is 52.9 Å². The summed E-state index contributed by atoms with van der Waals surface area (Å²) in [6.45, 7) is 3.18. The maximum atomic E-state index is 5.39. The second kappa shape index (κ2) is 5.85. The fourth-order valence-electron chi connectivity index (χ4n) is 2.72. The van der Waals surface area contributed by atoms with Gasteiger partial charge in [-0.2, -0.15) is 10.1 Å². The Labute approximate surface area is 134 Å². The third-order valence-corrected chi connectivity index (χ3v) is 3.93. The van der Waals surface area contributed by atoms with Gasteiger partial charge in [0.25, 0.3) is 0 Å². The van der Waals surface area contributed by atoms with Crippen molar-refractivity contribution in [1.82, 2.24) is 24.5 Å². The summed E-state index contributed by atoms with van der Waals surface area (Å²) in [6.07, 6.45) is 3.69. The Morgan fingerprint density at radius 3 is 2.57 bits per heavy atom. The number of rotatable bonds is 3. The zero-order valence-corrected chi connectivity index (χ0v) is 13.0. The van der Waals surface area contributed by atoms with Crippen molar-refractivity contribution in [2.45, 2.75) is 0 Å². The molecule has 0 radical (unpaired) electrons. The van der Waals surface area contributed by atoms with Gasteiger partial charge in [0.2, 0.25) is 5.95 Å². The van der Waals surface area contributed by atoms with Gasteiger partial charge < -0.3 is 9.64 Å². The molecule has 7 heteroatoms. The van der Waals surface area contributed by atoms with Gasteiger partial charge in [0.15, 0.2) is 5.82 Å². The quantitative estimate of drug-likeness (QED) is 0.734. The Morgan fingerprint density at radius 2 is 1.87 bits per heavy atom. The summed E-state index contributed by atoms with van der Waals surface area (Å²) in [6, 6.07) is 9.99. The second-order valence-electron chi connectivity index (χ2n) is 5.46. The highest BCUT2D eigenvalue weighted by atomic mass is 16.5. The topological polar surface area (TPSA) is 61.0 Å². The minimum absolute atomic E-state index is 0.737. The van der Waals surface area contributed by atoms with Gasteiger partial charge in [-0.05, 0) is 30.3 Å². The molecule has 0 atom stereocenters. The van der Waals surface area contributed by atoms with E-state index in [0.29, 0.717) is 0 Å². The number of benzene rings is 1. The first-order valence-corrected chi connectivity index (χ1v) is 7.65. The first-order chi connectivity index (χ1) is 11.3. The Kier molecular flexibility index (Phi) is 3.55. The number of ether oxygens (including phenoxy) is 1. The number of aromatic nitrogens is 5. The van der Waals surface area contributed by atoms with Gasteiger partial charge >= 0.3 is 0 Å². The van der Waals surface area contributed by atoms with E-state index >= 15 is 0 Å². The van der Waals surface area contributed by atoms with Crippen molar-refractivity contribution in [3.05, 3.63) is 42.7 Å². The molecule has 1 aliphatic rings. The summed E-state index contributed by atoms with van der Waals surface area (Å²) in [5.41, 5.74) is 2.01. The van der Waals surface area contributed by atoms with Gasteiger partial charge in [-0.3, -0.25) is 0 Å². The first-order valence-electron chi connectivity index (χ1n) is 7.65. The van der Waals surface area contributed by atoms with Crippen molar-refractivity contribution in [3.63, 3.8) is 0 Å². The molecule has 0 amide bonds. The smallest absolute Gasteiger partial charge is 0.224 e. The Morgan fingerprint density at radius 1 is 1.09 bits per heavy atom. The Hall–Kier alpha value is -2.67. The minimum atomic E-state index is 0.737. The van der Waals surface area contributed by atoms with Gasteiger partial charge in [-0.15, -0.1) is 5.10 Å². The van der Waals surface area contributed by atoms with Gasteiger partial charge in [-0.25, -0.2) is 9.36 Å². The van der Waals surface area contributed by atoms with E-state index in [9.17, 15) is 0 Å². The van der Waals surface area contributed by atoms with E-state index in [4.69, 9.17) is 9.72 Å². The number of hydrogen-bond donors (Lipinski definition) is 0. The molecule has 1 fully saturated rings. The summed E-state index contributed by atoms with van der Waals surface area (Å²) in [4.78, 5) is 6.90. The van der Waals surface area contributed by atoms with Crippen LogP contribution in [-0.2, 0) is 11.8 Å². The largest absolute Gasteiger partial charge is 0.378 e. The van der Waals surface area contributed by atoms with E-state index in [1.54, 1.807) is 6.20 Å². The lowest BCUT2D eigenvalue weighted by atomic mass is 10.2. The maximum absolute atomic E-state index is 5.39. The highest BCUT2D eigenvalue weighted by Gasteiger charge is 2.18. The summed E-state index contributed by atoms with van der Waals surface area (Å²) in [7, 11) is 1.93. The molecular weight excluding hydrogens is 292 g/mol. The van der Waals surface area contributed by atoms with E-state index in [0.717, 1.165) is 49.3 Å². The molecule has 0 spiro atoms. The highest BCUT2D eigenvalue weighted by molar-refractivity contribution is 5.58. The van der Waals surface area contributed by atoms with Crippen molar-refractivity contribution >= 4 is 5.95 Å². The predicted octanol–water partition coefficient (Wildman–Crippen LogP) is 1.50. The van der Waals surface area contributed by atoms with Crippen LogP contribution in [0.3, 0.4) is 0 Å². The number of morpholine rings is 1. The maximum Gasteiger partial charge on any atom is 0.224 e. The molecule has 2 aromatic heterocycles. The molecule has 1 saturated heterocycles. The van der Waals surface area contributed by atoms with E-state index in [1.165, 1.54) is 0 Å². The molecule has 0 saturated carbocycles. The third kappa shape index (κ3) is 2.70. The zero-order chi connectivity index (χ0) is 15.6. The average Bonchev–Trinajstić information content (AvgIpc) is 3.26. The lowest BCUT2D eigenvalue weighted by Crippen LogP contribution is -2.37. The number of nitrogens with zero attached hydrogens (tertiary/aromatic N) is 6. The van der Waals surface area contributed by atoms with E-state index in [2.05, 4.69) is 15.1 Å². The van der Waals surface area contributed by atoms with Crippen LogP contribution in [0.25, 0.3) is 17.1 Å². The zero-order valence-electron chi connectivity index (χ0n) is 13.0. The normalized spacial score (nSPS) is 15.1. The van der Waals surface area contributed by atoms with Crippen LogP contribution in [0.1, 0.15) is 0 Å². The molecule has 0 aliphatic carbocycles. The fraction of sp³-hybridized carbons (Fsp3) is 0.312. The molecule has 4 rings (SSSR count). The third-order valence-electron chi connectivity index (χ3n) is 3.93. The summed E-state index contributed by atoms with van der Waals surface area (Å²) in [5.74, 6) is 1.63. The lowest BCUT2D eigenvalue weighted by Gasteiger charge is -2.26. The lowest BCUT2D eigenvalue weighted by molar-refractivity contribution is 0.121. The van der Waals surface area contributed by atoms with Gasteiger partial charge in [0, 0.05) is 38.1 Å². The van der Waals surface area contributed by atoms with Gasteiger partial charge in [0.05, 0.1) is 18.9 Å². The molecule has 3 aromatic rings. The minimum Gasteiger partial charge on any atom is -0.378 e. The molecule has 1 aromatic carbocycles. The molecule has 0 bridgehead atoms. The predicted molar refractivity (Wildman–Crippen MR) is 86.6 cm³/mol. The summed E-state index contributed by atoms with van der Waals surface area (Å²) < 4.78 is 9.06. The number of hydrogen-bond acceptors (Lipinski definition) is 5. The molecular formula is C16H18N6O. The van der Waals surface area contributed by atoms with Gasteiger partial charge in [-0.1, -0.05) is 0 Å². The van der Waals surface area contributed by atoms with Crippen LogP contribution in [0.4, 0.5) is 5.95 Å². The van der Waals surface area contributed by atoms with Crippen molar-refractivity contribution in [1.29, 1.82) is 0 Å². The molecule has 1 aliphatic heterocycles. The van der Waals surface area contributed by atoms with Crippen molar-refractivity contribution in [2.24, 2.45) is 7.05 Å².